The Hall–Kier alpha value is -3.13. The molecular weight excluding hydrogens is 392 g/mol. The minimum Gasteiger partial charge on any atom is -0.493 e. The Balaban J connectivity index is 1.62. The predicted molar refractivity (Wildman–Crippen MR) is 111 cm³/mol. The molecule has 0 saturated carbocycles. The van der Waals surface area contributed by atoms with Crippen LogP contribution in [0.15, 0.2) is 42.5 Å². The van der Waals surface area contributed by atoms with Gasteiger partial charge in [-0.1, -0.05) is 12.1 Å². The zero-order valence-electron chi connectivity index (χ0n) is 16.4. The second-order valence-electron chi connectivity index (χ2n) is 6.53. The van der Waals surface area contributed by atoms with Crippen molar-refractivity contribution in [1.29, 1.82) is 0 Å². The lowest BCUT2D eigenvalue weighted by Gasteiger charge is -2.13. The topological polar surface area (TPSA) is 86.8 Å². The number of amides is 1. The van der Waals surface area contributed by atoms with Crippen LogP contribution in [0.1, 0.15) is 29.2 Å². The number of nitrogens with one attached hydrogen (secondary N) is 1. The van der Waals surface area contributed by atoms with Crippen molar-refractivity contribution in [2.24, 2.45) is 0 Å². The lowest BCUT2D eigenvalue weighted by atomic mass is 10.2. The van der Waals surface area contributed by atoms with Crippen molar-refractivity contribution in [2.45, 2.75) is 26.5 Å². The highest BCUT2D eigenvalue weighted by Crippen LogP contribution is 2.29. The molecule has 3 rings (SSSR count). The number of fused-ring (bicyclic) bond motifs is 1. The van der Waals surface area contributed by atoms with E-state index in [1.54, 1.807) is 12.1 Å². The van der Waals surface area contributed by atoms with Crippen molar-refractivity contribution in [3.05, 3.63) is 53.0 Å². The smallest absolute Gasteiger partial charge is 0.338 e. The van der Waals surface area contributed by atoms with Crippen molar-refractivity contribution in [3.63, 3.8) is 0 Å². The molecule has 152 valence electrons. The van der Waals surface area contributed by atoms with Gasteiger partial charge in [0, 0.05) is 6.04 Å². The van der Waals surface area contributed by atoms with Crippen LogP contribution in [-0.2, 0) is 16.1 Å². The second-order valence-corrected chi connectivity index (χ2v) is 7.64. The maximum absolute atomic E-state index is 12.4. The van der Waals surface area contributed by atoms with E-state index in [2.05, 4.69) is 10.3 Å². The molecule has 0 radical (unpaired) electrons. The average Bonchev–Trinajstić information content (AvgIpc) is 3.12. The zero-order chi connectivity index (χ0) is 20.8. The Morgan fingerprint density at radius 2 is 1.93 bits per heavy atom. The molecule has 2 aromatic carbocycles. The van der Waals surface area contributed by atoms with Gasteiger partial charge in [0.25, 0.3) is 5.91 Å². The summed E-state index contributed by atoms with van der Waals surface area (Å²) >= 11 is 1.49. The van der Waals surface area contributed by atoms with E-state index in [4.69, 9.17) is 14.2 Å². The number of para-hydroxylation sites is 1. The van der Waals surface area contributed by atoms with Crippen molar-refractivity contribution in [3.8, 4) is 11.5 Å². The highest BCUT2D eigenvalue weighted by Gasteiger charge is 2.15. The summed E-state index contributed by atoms with van der Waals surface area (Å²) in [5, 5.41) is 3.46. The highest BCUT2D eigenvalue weighted by molar-refractivity contribution is 7.18. The van der Waals surface area contributed by atoms with Gasteiger partial charge in [-0.25, -0.2) is 9.78 Å². The van der Waals surface area contributed by atoms with Crippen molar-refractivity contribution < 1.29 is 23.8 Å². The van der Waals surface area contributed by atoms with Crippen molar-refractivity contribution in [1.82, 2.24) is 10.3 Å². The van der Waals surface area contributed by atoms with E-state index < -0.39 is 5.97 Å². The summed E-state index contributed by atoms with van der Waals surface area (Å²) in [4.78, 5) is 28.6. The number of hydrogen-bond donors (Lipinski definition) is 1. The van der Waals surface area contributed by atoms with Crippen LogP contribution in [0.2, 0.25) is 0 Å². The molecule has 1 amide bonds. The second kappa shape index (κ2) is 9.38. The first-order chi connectivity index (χ1) is 14.0. The number of carbonyl (C=O) groups is 2. The first-order valence-electron chi connectivity index (χ1n) is 9.08. The quantitative estimate of drug-likeness (QED) is 0.567. The van der Waals surface area contributed by atoms with Crippen LogP contribution >= 0.6 is 11.3 Å². The van der Waals surface area contributed by atoms with Crippen molar-refractivity contribution >= 4 is 33.4 Å². The summed E-state index contributed by atoms with van der Waals surface area (Å²) in [7, 11) is 1.46. The molecule has 0 aliphatic rings. The molecule has 1 aromatic heterocycles. The number of nitrogens with zero attached hydrogens (tertiary/aromatic N) is 1. The number of hydrogen-bond acceptors (Lipinski definition) is 7. The normalized spacial score (nSPS) is 10.8. The van der Waals surface area contributed by atoms with Crippen LogP contribution in [-0.4, -0.2) is 36.6 Å². The van der Waals surface area contributed by atoms with Gasteiger partial charge in [0.15, 0.2) is 18.1 Å². The number of aromatic nitrogens is 1. The van der Waals surface area contributed by atoms with Gasteiger partial charge in [-0.05, 0) is 44.2 Å². The van der Waals surface area contributed by atoms with E-state index in [1.165, 1.54) is 24.5 Å². The molecule has 0 atom stereocenters. The maximum atomic E-state index is 12.4. The first kappa shape index (κ1) is 20.6. The van der Waals surface area contributed by atoms with Gasteiger partial charge in [0.1, 0.15) is 11.6 Å². The third kappa shape index (κ3) is 5.45. The van der Waals surface area contributed by atoms with Gasteiger partial charge in [-0.15, -0.1) is 11.3 Å². The number of rotatable bonds is 8. The van der Waals surface area contributed by atoms with Crippen LogP contribution in [0.5, 0.6) is 11.5 Å². The number of carbonyl (C=O) groups excluding carboxylic acids is 2. The molecule has 0 saturated heterocycles. The van der Waals surface area contributed by atoms with E-state index in [0.29, 0.717) is 17.1 Å². The fraction of sp³-hybridized carbons (Fsp3) is 0.286. The van der Waals surface area contributed by atoms with Crippen LogP contribution in [0.25, 0.3) is 10.2 Å². The monoisotopic (exact) mass is 414 g/mol. The fourth-order valence-electron chi connectivity index (χ4n) is 2.61. The minimum absolute atomic E-state index is 0.0283. The molecule has 1 N–H and O–H groups in total. The number of esters is 1. The molecule has 0 unspecified atom stereocenters. The van der Waals surface area contributed by atoms with E-state index in [0.717, 1.165) is 15.2 Å². The molecule has 0 aliphatic heterocycles. The fourth-order valence-corrected chi connectivity index (χ4v) is 3.49. The molecule has 0 fully saturated rings. The van der Waals surface area contributed by atoms with Gasteiger partial charge < -0.3 is 19.5 Å². The minimum atomic E-state index is -0.494. The summed E-state index contributed by atoms with van der Waals surface area (Å²) < 4.78 is 17.2. The number of methoxy groups -OCH3 is 1. The van der Waals surface area contributed by atoms with E-state index in [9.17, 15) is 9.59 Å². The Kier molecular flexibility index (Phi) is 6.66. The Labute approximate surface area is 172 Å². The SMILES string of the molecule is COc1cc(C(=O)OCc2nc3ccccc3s2)ccc1OCC(=O)NC(C)C. The highest BCUT2D eigenvalue weighted by atomic mass is 32.1. The molecule has 8 heteroatoms. The van der Waals surface area contributed by atoms with Gasteiger partial charge in [0.2, 0.25) is 0 Å². The number of thiazole rings is 1. The molecule has 0 spiro atoms. The standard InChI is InChI=1S/C21H22N2O5S/c1-13(2)22-19(24)11-27-16-9-8-14(10-17(16)26-3)21(25)28-12-20-23-15-6-4-5-7-18(15)29-20/h4-10,13H,11-12H2,1-3H3,(H,22,24). The Morgan fingerprint density at radius 3 is 2.66 bits per heavy atom. The van der Waals surface area contributed by atoms with Crippen LogP contribution < -0.4 is 14.8 Å². The third-order valence-electron chi connectivity index (χ3n) is 3.87. The molecule has 1 heterocycles. The summed E-state index contributed by atoms with van der Waals surface area (Å²) in [6.45, 7) is 3.69. The summed E-state index contributed by atoms with van der Waals surface area (Å²) in [5.41, 5.74) is 1.20. The molecule has 0 aliphatic carbocycles. The molecule has 29 heavy (non-hydrogen) atoms. The van der Waals surface area contributed by atoms with E-state index in [1.807, 2.05) is 38.1 Å². The summed E-state index contributed by atoms with van der Waals surface area (Å²) in [6.07, 6.45) is 0. The van der Waals surface area contributed by atoms with Gasteiger partial charge in [-0.3, -0.25) is 4.79 Å². The van der Waals surface area contributed by atoms with Crippen LogP contribution in [0.3, 0.4) is 0 Å². The van der Waals surface area contributed by atoms with E-state index >= 15 is 0 Å². The number of ether oxygens (including phenoxy) is 3. The van der Waals surface area contributed by atoms with Gasteiger partial charge in [-0.2, -0.15) is 0 Å². The zero-order valence-corrected chi connectivity index (χ0v) is 17.2. The summed E-state index contributed by atoms with van der Waals surface area (Å²) in [6, 6.07) is 12.5. The van der Waals surface area contributed by atoms with E-state index in [-0.39, 0.29) is 25.2 Å². The first-order valence-corrected chi connectivity index (χ1v) is 9.89. The van der Waals surface area contributed by atoms with Gasteiger partial charge in [0.05, 0.1) is 22.9 Å². The molecule has 3 aromatic rings. The van der Waals surface area contributed by atoms with Crippen LogP contribution in [0.4, 0.5) is 0 Å². The Bertz CT molecular complexity index is 982. The lowest BCUT2D eigenvalue weighted by Crippen LogP contribution is -2.34. The van der Waals surface area contributed by atoms with Crippen molar-refractivity contribution in [2.75, 3.05) is 13.7 Å². The largest absolute Gasteiger partial charge is 0.493 e. The third-order valence-corrected chi connectivity index (χ3v) is 4.88. The predicted octanol–water partition coefficient (Wildman–Crippen LogP) is 3.57. The Morgan fingerprint density at radius 1 is 1.14 bits per heavy atom. The lowest BCUT2D eigenvalue weighted by molar-refractivity contribution is -0.123. The molecular formula is C21H22N2O5S. The number of benzene rings is 2. The van der Waals surface area contributed by atoms with Crippen LogP contribution in [0, 0.1) is 0 Å². The average molecular weight is 414 g/mol. The molecule has 0 bridgehead atoms. The summed E-state index contributed by atoms with van der Waals surface area (Å²) in [5.74, 6) is -0.0149. The molecule has 7 nitrogen and oxygen atoms in total. The maximum Gasteiger partial charge on any atom is 0.338 e. The van der Waals surface area contributed by atoms with Gasteiger partial charge >= 0.3 is 5.97 Å².